The molecule has 0 radical (unpaired) electrons. The van der Waals surface area contributed by atoms with Crippen LogP contribution in [0.1, 0.15) is 31.2 Å². The van der Waals surface area contributed by atoms with Gasteiger partial charge in [0.25, 0.3) is 11.8 Å². The highest BCUT2D eigenvalue weighted by Gasteiger charge is 2.25. The molecule has 0 saturated heterocycles. The van der Waals surface area contributed by atoms with Crippen molar-refractivity contribution in [1.82, 2.24) is 10.6 Å². The zero-order valence-corrected chi connectivity index (χ0v) is 21.0. The molecule has 6 nitrogen and oxygen atoms in total. The molecule has 2 N–H and O–H groups in total. The van der Waals surface area contributed by atoms with Crippen LogP contribution in [0.2, 0.25) is 0 Å². The monoisotopic (exact) mass is 512 g/mol. The number of amides is 2. The van der Waals surface area contributed by atoms with Crippen LogP contribution in [0, 0.1) is 0 Å². The van der Waals surface area contributed by atoms with Crippen molar-refractivity contribution in [3.05, 3.63) is 130 Å². The normalized spacial score (nSPS) is 12.2. The van der Waals surface area contributed by atoms with Gasteiger partial charge in [0, 0.05) is 12.0 Å². The van der Waals surface area contributed by atoms with Crippen LogP contribution < -0.4 is 10.6 Å². The summed E-state index contributed by atoms with van der Waals surface area (Å²) >= 11 is 1.30. The Bertz CT molecular complexity index is 1280. The maximum Gasteiger partial charge on any atom is 0.329 e. The van der Waals surface area contributed by atoms with E-state index in [9.17, 15) is 14.4 Å². The first kappa shape index (κ1) is 25.9. The van der Waals surface area contributed by atoms with Crippen molar-refractivity contribution in [2.75, 3.05) is 6.61 Å². The van der Waals surface area contributed by atoms with Gasteiger partial charge in [-0.05, 0) is 41.1 Å². The minimum atomic E-state index is -0.876. The van der Waals surface area contributed by atoms with Gasteiger partial charge >= 0.3 is 5.97 Å². The van der Waals surface area contributed by atoms with E-state index >= 15 is 0 Å². The average Bonchev–Trinajstić information content (AvgIpc) is 3.48. The summed E-state index contributed by atoms with van der Waals surface area (Å²) in [6, 6.07) is 30.2. The molecule has 2 amide bonds. The number of nitrogens with one attached hydrogen (secondary N) is 2. The number of hydrogen-bond donors (Lipinski definition) is 2. The summed E-state index contributed by atoms with van der Waals surface area (Å²) in [5, 5.41) is 7.61. The van der Waals surface area contributed by atoms with E-state index in [1.807, 2.05) is 72.1 Å². The molecule has 4 rings (SSSR count). The molecule has 3 aromatic carbocycles. The van der Waals surface area contributed by atoms with Gasteiger partial charge in [-0.1, -0.05) is 84.9 Å². The molecule has 0 unspecified atom stereocenters. The summed E-state index contributed by atoms with van der Waals surface area (Å²) < 4.78 is 5.70. The largest absolute Gasteiger partial charge is 0.462 e. The SMILES string of the molecule is O=C(N[C@@H](COC(=O)[C@@H](Cc1ccccc1)NC(=O)c1cccs1)Cc1ccccc1)c1ccccc1. The minimum Gasteiger partial charge on any atom is -0.462 e. The highest BCUT2D eigenvalue weighted by atomic mass is 32.1. The first-order valence-electron chi connectivity index (χ1n) is 12.0. The molecular formula is C30H28N2O4S. The quantitative estimate of drug-likeness (QED) is 0.286. The van der Waals surface area contributed by atoms with E-state index in [4.69, 9.17) is 4.74 Å². The number of rotatable bonds is 11. The molecule has 0 spiro atoms. The molecule has 1 heterocycles. The van der Waals surface area contributed by atoms with Crippen molar-refractivity contribution in [3.8, 4) is 0 Å². The molecule has 0 aliphatic heterocycles. The lowest BCUT2D eigenvalue weighted by molar-refractivity contribution is -0.146. The standard InChI is InChI=1S/C30H28N2O4S/c33-28(24-15-8-3-9-16-24)31-25(19-22-11-4-1-5-12-22)21-36-30(35)26(20-23-13-6-2-7-14-23)32-29(34)27-17-10-18-37-27/h1-18,25-26H,19-21H2,(H,31,33)(H,32,34)/t25-,26-/m1/s1. The molecule has 0 aliphatic carbocycles. The molecular weight excluding hydrogens is 484 g/mol. The van der Waals surface area contributed by atoms with Gasteiger partial charge in [-0.15, -0.1) is 11.3 Å². The van der Waals surface area contributed by atoms with Crippen LogP contribution in [-0.2, 0) is 22.4 Å². The summed E-state index contributed by atoms with van der Waals surface area (Å²) in [6.45, 7) is -0.0353. The van der Waals surface area contributed by atoms with Crippen molar-refractivity contribution in [2.45, 2.75) is 24.9 Å². The maximum absolute atomic E-state index is 13.2. The zero-order valence-electron chi connectivity index (χ0n) is 20.2. The van der Waals surface area contributed by atoms with Crippen LogP contribution in [0.3, 0.4) is 0 Å². The van der Waals surface area contributed by atoms with E-state index < -0.39 is 18.1 Å². The lowest BCUT2D eigenvalue weighted by Crippen LogP contribution is -2.46. The fourth-order valence-corrected chi connectivity index (χ4v) is 4.50. The van der Waals surface area contributed by atoms with Crippen LogP contribution in [-0.4, -0.2) is 36.5 Å². The number of carbonyl (C=O) groups excluding carboxylic acids is 3. The van der Waals surface area contributed by atoms with Gasteiger partial charge in [0.1, 0.15) is 12.6 Å². The third kappa shape index (κ3) is 7.88. The van der Waals surface area contributed by atoms with Gasteiger partial charge in [-0.25, -0.2) is 4.79 Å². The second-order valence-corrected chi connectivity index (χ2v) is 9.50. The topological polar surface area (TPSA) is 84.5 Å². The van der Waals surface area contributed by atoms with Crippen molar-refractivity contribution >= 4 is 29.1 Å². The smallest absolute Gasteiger partial charge is 0.329 e. The number of carbonyl (C=O) groups is 3. The number of esters is 1. The van der Waals surface area contributed by atoms with Gasteiger partial charge in [0.05, 0.1) is 10.9 Å². The molecule has 0 saturated carbocycles. The van der Waals surface area contributed by atoms with Crippen LogP contribution in [0.4, 0.5) is 0 Å². The molecule has 37 heavy (non-hydrogen) atoms. The molecule has 2 atom stereocenters. The Hall–Kier alpha value is -4.23. The minimum absolute atomic E-state index is 0.0353. The van der Waals surface area contributed by atoms with Gasteiger partial charge < -0.3 is 15.4 Å². The Labute approximate surface area is 220 Å². The second-order valence-electron chi connectivity index (χ2n) is 8.55. The summed E-state index contributed by atoms with van der Waals surface area (Å²) in [5.74, 6) is -1.13. The van der Waals surface area contributed by atoms with E-state index in [1.54, 1.807) is 36.4 Å². The summed E-state index contributed by atoms with van der Waals surface area (Å²) in [7, 11) is 0. The molecule has 188 valence electrons. The number of benzene rings is 3. The van der Waals surface area contributed by atoms with E-state index in [2.05, 4.69) is 10.6 Å². The van der Waals surface area contributed by atoms with Crippen molar-refractivity contribution < 1.29 is 19.1 Å². The Morgan fingerprint density at radius 3 is 1.86 bits per heavy atom. The Morgan fingerprint density at radius 1 is 0.676 bits per heavy atom. The van der Waals surface area contributed by atoms with E-state index in [1.165, 1.54) is 11.3 Å². The second kappa shape index (κ2) is 13.2. The first-order valence-corrected chi connectivity index (χ1v) is 12.9. The molecule has 0 aliphatic rings. The van der Waals surface area contributed by atoms with E-state index in [0.29, 0.717) is 16.9 Å². The number of ether oxygens (including phenoxy) is 1. The number of thiophene rings is 1. The summed E-state index contributed by atoms with van der Waals surface area (Å²) in [5.41, 5.74) is 2.43. The molecule has 0 bridgehead atoms. The molecule has 1 aromatic heterocycles. The Kier molecular flexibility index (Phi) is 9.21. The zero-order chi connectivity index (χ0) is 25.9. The lowest BCUT2D eigenvalue weighted by atomic mass is 10.0. The highest BCUT2D eigenvalue weighted by molar-refractivity contribution is 7.12. The number of hydrogen-bond acceptors (Lipinski definition) is 5. The van der Waals surface area contributed by atoms with E-state index in [0.717, 1.165) is 11.1 Å². The average molecular weight is 513 g/mol. The fourth-order valence-electron chi connectivity index (χ4n) is 3.87. The summed E-state index contributed by atoms with van der Waals surface area (Å²) in [6.07, 6.45) is 0.772. The van der Waals surface area contributed by atoms with Crippen LogP contribution in [0.5, 0.6) is 0 Å². The fraction of sp³-hybridized carbons (Fsp3) is 0.167. The predicted molar refractivity (Wildman–Crippen MR) is 145 cm³/mol. The summed E-state index contributed by atoms with van der Waals surface area (Å²) in [4.78, 5) is 39.3. The van der Waals surface area contributed by atoms with Crippen molar-refractivity contribution in [2.24, 2.45) is 0 Å². The first-order chi connectivity index (χ1) is 18.1. The lowest BCUT2D eigenvalue weighted by Gasteiger charge is -2.22. The van der Waals surface area contributed by atoms with Gasteiger partial charge in [0.15, 0.2) is 0 Å². The van der Waals surface area contributed by atoms with Crippen LogP contribution >= 0.6 is 11.3 Å². The third-order valence-corrected chi connectivity index (χ3v) is 6.61. The predicted octanol–water partition coefficient (Wildman–Crippen LogP) is 4.67. The van der Waals surface area contributed by atoms with Crippen molar-refractivity contribution in [3.63, 3.8) is 0 Å². The van der Waals surface area contributed by atoms with Crippen LogP contribution in [0.25, 0.3) is 0 Å². The molecule has 7 heteroatoms. The van der Waals surface area contributed by atoms with Gasteiger partial charge in [-0.2, -0.15) is 0 Å². The Morgan fingerprint density at radius 2 is 1.27 bits per heavy atom. The van der Waals surface area contributed by atoms with E-state index in [-0.39, 0.29) is 24.8 Å². The van der Waals surface area contributed by atoms with Gasteiger partial charge in [0.2, 0.25) is 0 Å². The third-order valence-electron chi connectivity index (χ3n) is 5.74. The Balaban J connectivity index is 1.46. The highest BCUT2D eigenvalue weighted by Crippen LogP contribution is 2.12. The molecule has 4 aromatic rings. The van der Waals surface area contributed by atoms with Crippen LogP contribution in [0.15, 0.2) is 109 Å². The maximum atomic E-state index is 13.2. The van der Waals surface area contributed by atoms with Gasteiger partial charge in [-0.3, -0.25) is 9.59 Å². The molecule has 0 fully saturated rings. The van der Waals surface area contributed by atoms with Crippen molar-refractivity contribution in [1.29, 1.82) is 0 Å².